The molecule has 0 radical (unpaired) electrons. The first-order chi connectivity index (χ1) is 8.89. The van der Waals surface area contributed by atoms with Gasteiger partial charge < -0.3 is 10.2 Å². The maximum atomic E-state index is 12.5. The van der Waals surface area contributed by atoms with Gasteiger partial charge in [0.25, 0.3) is 0 Å². The molecule has 0 bridgehead atoms. The standard InChI is InChI=1S/C12H19F3N4/c1-4-6-9-10(16-5-2)17-8-18-11(9)19(3)7-12(13,14)15/h8H,4-7H2,1-3H3,(H,16,17,18). The van der Waals surface area contributed by atoms with E-state index in [-0.39, 0.29) is 0 Å². The lowest BCUT2D eigenvalue weighted by molar-refractivity contribution is -0.119. The fraction of sp³-hybridized carbons (Fsp3) is 0.667. The molecule has 0 saturated carbocycles. The van der Waals surface area contributed by atoms with E-state index in [1.165, 1.54) is 13.4 Å². The van der Waals surface area contributed by atoms with Gasteiger partial charge in [0.05, 0.1) is 0 Å². The molecule has 0 aliphatic rings. The highest BCUT2D eigenvalue weighted by Crippen LogP contribution is 2.26. The average Bonchev–Trinajstić information content (AvgIpc) is 2.29. The van der Waals surface area contributed by atoms with Crippen LogP contribution >= 0.6 is 0 Å². The summed E-state index contributed by atoms with van der Waals surface area (Å²) in [6.45, 7) is 3.52. The molecule has 1 aromatic heterocycles. The smallest absolute Gasteiger partial charge is 0.370 e. The number of hydrogen-bond acceptors (Lipinski definition) is 4. The molecular weight excluding hydrogens is 257 g/mol. The summed E-state index contributed by atoms with van der Waals surface area (Å²) < 4.78 is 37.4. The lowest BCUT2D eigenvalue weighted by Crippen LogP contribution is -2.32. The summed E-state index contributed by atoms with van der Waals surface area (Å²) in [6.07, 6.45) is -1.50. The number of nitrogens with zero attached hydrogens (tertiary/aromatic N) is 3. The molecule has 0 amide bonds. The van der Waals surface area contributed by atoms with Crippen LogP contribution in [0.15, 0.2) is 6.33 Å². The van der Waals surface area contributed by atoms with Crippen molar-refractivity contribution in [2.45, 2.75) is 32.9 Å². The third-order valence-corrected chi connectivity index (χ3v) is 2.54. The van der Waals surface area contributed by atoms with Crippen LogP contribution in [-0.2, 0) is 6.42 Å². The third-order valence-electron chi connectivity index (χ3n) is 2.54. The normalized spacial score (nSPS) is 11.5. The van der Waals surface area contributed by atoms with Gasteiger partial charge in [-0.15, -0.1) is 0 Å². The first-order valence-corrected chi connectivity index (χ1v) is 6.24. The van der Waals surface area contributed by atoms with Crippen LogP contribution in [-0.4, -0.2) is 36.3 Å². The molecule has 0 saturated heterocycles. The van der Waals surface area contributed by atoms with Crippen LogP contribution in [0.1, 0.15) is 25.8 Å². The Balaban J connectivity index is 3.07. The summed E-state index contributed by atoms with van der Waals surface area (Å²) in [7, 11) is 1.39. The second kappa shape index (κ2) is 6.58. The van der Waals surface area contributed by atoms with Crippen molar-refractivity contribution in [3.63, 3.8) is 0 Å². The van der Waals surface area contributed by atoms with Crippen molar-refractivity contribution in [3.8, 4) is 0 Å². The molecule has 0 fully saturated rings. The number of aromatic nitrogens is 2. The van der Waals surface area contributed by atoms with E-state index in [4.69, 9.17) is 0 Å². The van der Waals surface area contributed by atoms with E-state index in [2.05, 4.69) is 15.3 Å². The van der Waals surface area contributed by atoms with Gasteiger partial charge in [0.2, 0.25) is 0 Å². The van der Waals surface area contributed by atoms with Crippen LogP contribution in [0.25, 0.3) is 0 Å². The zero-order valence-corrected chi connectivity index (χ0v) is 11.4. The zero-order chi connectivity index (χ0) is 14.5. The highest BCUT2D eigenvalue weighted by Gasteiger charge is 2.30. The van der Waals surface area contributed by atoms with Gasteiger partial charge >= 0.3 is 6.18 Å². The van der Waals surface area contributed by atoms with E-state index in [9.17, 15) is 13.2 Å². The van der Waals surface area contributed by atoms with Gasteiger partial charge in [-0.3, -0.25) is 0 Å². The highest BCUT2D eigenvalue weighted by molar-refractivity contribution is 5.58. The number of hydrogen-bond donors (Lipinski definition) is 1. The molecule has 0 atom stereocenters. The molecular formula is C12H19F3N4. The maximum Gasteiger partial charge on any atom is 0.405 e. The van der Waals surface area contributed by atoms with Crippen molar-refractivity contribution >= 4 is 11.6 Å². The minimum Gasteiger partial charge on any atom is -0.370 e. The van der Waals surface area contributed by atoms with Crippen LogP contribution < -0.4 is 10.2 Å². The van der Waals surface area contributed by atoms with Crippen LogP contribution in [0.4, 0.5) is 24.8 Å². The fourth-order valence-electron chi connectivity index (χ4n) is 1.88. The van der Waals surface area contributed by atoms with Crippen molar-refractivity contribution < 1.29 is 13.2 Å². The molecule has 0 unspecified atom stereocenters. The second-order valence-corrected chi connectivity index (χ2v) is 4.28. The van der Waals surface area contributed by atoms with Crippen molar-refractivity contribution in [2.75, 3.05) is 30.4 Å². The van der Waals surface area contributed by atoms with Gasteiger partial charge in [-0.25, -0.2) is 9.97 Å². The Kier molecular flexibility index (Phi) is 5.38. The number of nitrogens with one attached hydrogen (secondary N) is 1. The van der Waals surface area contributed by atoms with Crippen molar-refractivity contribution in [1.29, 1.82) is 0 Å². The first kappa shape index (κ1) is 15.5. The van der Waals surface area contributed by atoms with Gasteiger partial charge in [-0.05, 0) is 13.3 Å². The molecule has 0 aliphatic heterocycles. The van der Waals surface area contributed by atoms with Gasteiger partial charge in [-0.1, -0.05) is 13.3 Å². The van der Waals surface area contributed by atoms with Crippen molar-refractivity contribution in [1.82, 2.24) is 9.97 Å². The number of halogens is 3. The maximum absolute atomic E-state index is 12.5. The third kappa shape index (κ3) is 4.57. The van der Waals surface area contributed by atoms with E-state index in [0.717, 1.165) is 16.9 Å². The molecule has 1 aromatic rings. The molecule has 4 nitrogen and oxygen atoms in total. The first-order valence-electron chi connectivity index (χ1n) is 6.24. The minimum absolute atomic E-state index is 0.338. The van der Waals surface area contributed by atoms with Gasteiger partial charge in [0.1, 0.15) is 24.5 Å². The lowest BCUT2D eigenvalue weighted by atomic mass is 10.1. The number of rotatable bonds is 6. The van der Waals surface area contributed by atoms with Gasteiger partial charge in [0, 0.05) is 19.2 Å². The Labute approximate surface area is 111 Å². The zero-order valence-electron chi connectivity index (χ0n) is 11.4. The van der Waals surface area contributed by atoms with E-state index in [0.29, 0.717) is 24.6 Å². The summed E-state index contributed by atoms with van der Waals surface area (Å²) in [5, 5.41) is 3.06. The second-order valence-electron chi connectivity index (χ2n) is 4.28. The van der Waals surface area contributed by atoms with Crippen LogP contribution in [0.3, 0.4) is 0 Å². The van der Waals surface area contributed by atoms with Gasteiger partial charge in [-0.2, -0.15) is 13.2 Å². The summed E-state index contributed by atoms with van der Waals surface area (Å²) in [6, 6.07) is 0. The van der Waals surface area contributed by atoms with Crippen molar-refractivity contribution in [3.05, 3.63) is 11.9 Å². The molecule has 19 heavy (non-hydrogen) atoms. The summed E-state index contributed by atoms with van der Waals surface area (Å²) in [4.78, 5) is 9.21. The Morgan fingerprint density at radius 3 is 2.47 bits per heavy atom. The topological polar surface area (TPSA) is 41.1 Å². The van der Waals surface area contributed by atoms with E-state index < -0.39 is 12.7 Å². The SMILES string of the molecule is CCCc1c(NCC)ncnc1N(C)CC(F)(F)F. The Hall–Kier alpha value is -1.53. The van der Waals surface area contributed by atoms with E-state index in [1.807, 2.05) is 13.8 Å². The van der Waals surface area contributed by atoms with Crippen molar-refractivity contribution in [2.24, 2.45) is 0 Å². The summed E-state index contributed by atoms with van der Waals surface area (Å²) >= 11 is 0. The van der Waals surface area contributed by atoms with E-state index >= 15 is 0 Å². The Bertz CT molecular complexity index is 406. The van der Waals surface area contributed by atoms with Crippen LogP contribution in [0, 0.1) is 0 Å². The lowest BCUT2D eigenvalue weighted by Gasteiger charge is -2.23. The molecule has 0 aliphatic carbocycles. The predicted octanol–water partition coefficient (Wildman–Crippen LogP) is 2.86. The molecule has 108 valence electrons. The largest absolute Gasteiger partial charge is 0.405 e. The molecule has 1 heterocycles. The highest BCUT2D eigenvalue weighted by atomic mass is 19.4. The predicted molar refractivity (Wildman–Crippen MR) is 69.5 cm³/mol. The van der Waals surface area contributed by atoms with Gasteiger partial charge in [0.15, 0.2) is 0 Å². The summed E-state index contributed by atoms with van der Waals surface area (Å²) in [5.74, 6) is 0.952. The monoisotopic (exact) mass is 276 g/mol. The minimum atomic E-state index is -4.25. The Morgan fingerprint density at radius 2 is 1.95 bits per heavy atom. The van der Waals surface area contributed by atoms with Crippen LogP contribution in [0.5, 0.6) is 0 Å². The number of alkyl halides is 3. The molecule has 1 rings (SSSR count). The molecule has 1 N–H and O–H groups in total. The van der Waals surface area contributed by atoms with Crippen LogP contribution in [0.2, 0.25) is 0 Å². The number of anilines is 2. The average molecular weight is 276 g/mol. The molecule has 0 spiro atoms. The Morgan fingerprint density at radius 1 is 1.26 bits per heavy atom. The fourth-order valence-corrected chi connectivity index (χ4v) is 1.88. The quantitative estimate of drug-likeness (QED) is 0.867. The summed E-state index contributed by atoms with van der Waals surface area (Å²) in [5.41, 5.74) is 0.735. The van der Waals surface area contributed by atoms with E-state index in [1.54, 1.807) is 0 Å². The molecule has 7 heteroatoms. The molecule has 0 aromatic carbocycles.